The molecule has 0 bridgehead atoms. The van der Waals surface area contributed by atoms with Crippen molar-refractivity contribution in [1.29, 1.82) is 0 Å². The summed E-state index contributed by atoms with van der Waals surface area (Å²) in [6.07, 6.45) is 0. The second-order valence-electron chi connectivity index (χ2n) is 6.58. The van der Waals surface area contributed by atoms with Crippen LogP contribution >= 0.6 is 0 Å². The molecule has 7 heteroatoms. The number of rotatable bonds is 5. The van der Waals surface area contributed by atoms with E-state index in [1.165, 1.54) is 18.2 Å². The molecule has 3 aromatic carbocycles. The molecule has 1 heterocycles. The van der Waals surface area contributed by atoms with Crippen molar-refractivity contribution >= 4 is 39.5 Å². The number of aromatic nitrogens is 1. The number of halogens is 1. The molecule has 4 aromatic rings. The minimum absolute atomic E-state index is 0.0546. The number of carboxylic acid groups (broad SMARTS) is 1. The first-order chi connectivity index (χ1) is 13.9. The first-order valence-corrected chi connectivity index (χ1v) is 8.75. The Labute approximate surface area is 164 Å². The number of hydrogen-bond acceptors (Lipinski definition) is 3. The summed E-state index contributed by atoms with van der Waals surface area (Å²) >= 11 is 0. The molecule has 0 aliphatic heterocycles. The maximum atomic E-state index is 14.3. The molecular weight excluding hydrogens is 375 g/mol. The van der Waals surface area contributed by atoms with Crippen LogP contribution in [0.25, 0.3) is 21.8 Å². The summed E-state index contributed by atoms with van der Waals surface area (Å²) in [5.41, 5.74) is 7.09. The standard InChI is InChI=1S/C22H15FN2O4/c23-15-8-2-1-5-12(15)11-25-16-9-3-6-13(20(26)22(28)29)18(16)19-14(21(24)27)7-4-10-17(19)25/h1-10H,11H2,(H2,24,27)(H,28,29). The number of ketones is 1. The molecule has 0 aliphatic rings. The van der Waals surface area contributed by atoms with Gasteiger partial charge in [-0.3, -0.25) is 9.59 Å². The molecule has 1 amide bonds. The number of fused-ring (bicyclic) bond motifs is 3. The largest absolute Gasteiger partial charge is 0.475 e. The molecule has 1 aromatic heterocycles. The fraction of sp³-hybridized carbons (Fsp3) is 0.0455. The van der Waals surface area contributed by atoms with Crippen LogP contribution in [0.2, 0.25) is 0 Å². The Morgan fingerprint density at radius 3 is 2.03 bits per heavy atom. The van der Waals surface area contributed by atoms with Crippen LogP contribution in [0.1, 0.15) is 26.3 Å². The second kappa shape index (κ2) is 6.87. The SMILES string of the molecule is NC(=O)c1cccc2c1c1c(C(=O)C(=O)O)cccc1n2Cc1ccccc1F. The Morgan fingerprint density at radius 2 is 1.45 bits per heavy atom. The molecule has 0 aliphatic carbocycles. The summed E-state index contributed by atoms with van der Waals surface area (Å²) in [7, 11) is 0. The van der Waals surface area contributed by atoms with Gasteiger partial charge < -0.3 is 15.4 Å². The number of carbonyl (C=O) groups excluding carboxylic acids is 2. The van der Waals surface area contributed by atoms with E-state index in [-0.39, 0.29) is 17.7 Å². The predicted octanol–water partition coefficient (Wildman–Crippen LogP) is 3.35. The fourth-order valence-electron chi connectivity index (χ4n) is 3.66. The molecule has 0 saturated heterocycles. The Kier molecular flexibility index (Phi) is 4.35. The Balaban J connectivity index is 2.13. The molecule has 0 radical (unpaired) electrons. The van der Waals surface area contributed by atoms with Crippen molar-refractivity contribution in [3.8, 4) is 0 Å². The van der Waals surface area contributed by atoms with Crippen LogP contribution < -0.4 is 5.73 Å². The zero-order valence-electron chi connectivity index (χ0n) is 15.1. The van der Waals surface area contributed by atoms with E-state index < -0.39 is 23.5 Å². The molecule has 0 spiro atoms. The van der Waals surface area contributed by atoms with Crippen molar-refractivity contribution in [2.45, 2.75) is 6.54 Å². The van der Waals surface area contributed by atoms with Gasteiger partial charge in [0.15, 0.2) is 0 Å². The van der Waals surface area contributed by atoms with Crippen LogP contribution in [0, 0.1) is 5.82 Å². The van der Waals surface area contributed by atoms with Crippen LogP contribution in [0.3, 0.4) is 0 Å². The van der Waals surface area contributed by atoms with Gasteiger partial charge in [0, 0.05) is 27.5 Å². The van der Waals surface area contributed by atoms with Gasteiger partial charge in [-0.05, 0) is 30.3 Å². The van der Waals surface area contributed by atoms with Crippen LogP contribution in [0.5, 0.6) is 0 Å². The van der Waals surface area contributed by atoms with Crippen molar-refractivity contribution in [2.24, 2.45) is 5.73 Å². The van der Waals surface area contributed by atoms with Gasteiger partial charge >= 0.3 is 5.97 Å². The van der Waals surface area contributed by atoms with Gasteiger partial charge in [0.05, 0.1) is 17.6 Å². The smallest absolute Gasteiger partial charge is 0.377 e. The van der Waals surface area contributed by atoms with Crippen LogP contribution in [0.15, 0.2) is 60.7 Å². The van der Waals surface area contributed by atoms with Gasteiger partial charge in [0.25, 0.3) is 5.78 Å². The van der Waals surface area contributed by atoms with Crippen molar-refractivity contribution < 1.29 is 23.9 Å². The lowest BCUT2D eigenvalue weighted by atomic mass is 9.99. The van der Waals surface area contributed by atoms with E-state index in [1.54, 1.807) is 47.0 Å². The zero-order chi connectivity index (χ0) is 20.7. The van der Waals surface area contributed by atoms with Crippen molar-refractivity contribution in [3.05, 3.63) is 83.2 Å². The zero-order valence-corrected chi connectivity index (χ0v) is 15.1. The number of Topliss-reactive ketones (excluding diaryl/α,β-unsaturated/α-hetero) is 1. The number of benzene rings is 3. The fourth-order valence-corrected chi connectivity index (χ4v) is 3.66. The topological polar surface area (TPSA) is 102 Å². The minimum Gasteiger partial charge on any atom is -0.475 e. The van der Waals surface area contributed by atoms with E-state index >= 15 is 0 Å². The predicted molar refractivity (Wildman–Crippen MR) is 105 cm³/mol. The number of hydrogen-bond donors (Lipinski definition) is 2. The number of primary amides is 1. The summed E-state index contributed by atoms with van der Waals surface area (Å²) in [6.45, 7) is 0.125. The van der Waals surface area contributed by atoms with Gasteiger partial charge in [-0.15, -0.1) is 0 Å². The molecule has 0 fully saturated rings. The summed E-state index contributed by atoms with van der Waals surface area (Å²) in [5.74, 6) is -3.81. The third kappa shape index (κ3) is 2.93. The first kappa shape index (κ1) is 18.4. The number of aliphatic carboxylic acids is 1. The first-order valence-electron chi connectivity index (χ1n) is 8.75. The lowest BCUT2D eigenvalue weighted by molar-refractivity contribution is -0.131. The van der Waals surface area contributed by atoms with Crippen LogP contribution in [0.4, 0.5) is 4.39 Å². The summed E-state index contributed by atoms with van der Waals surface area (Å²) in [6, 6.07) is 15.8. The lowest BCUT2D eigenvalue weighted by Gasteiger charge is -2.09. The molecule has 0 atom stereocenters. The monoisotopic (exact) mass is 390 g/mol. The summed E-state index contributed by atoms with van der Waals surface area (Å²) < 4.78 is 16.0. The summed E-state index contributed by atoms with van der Waals surface area (Å²) in [4.78, 5) is 35.7. The number of nitrogens with two attached hydrogens (primary N) is 1. The Bertz CT molecular complexity index is 1320. The average Bonchev–Trinajstić information content (AvgIpc) is 3.03. The van der Waals surface area contributed by atoms with Crippen molar-refractivity contribution in [2.75, 3.05) is 0 Å². The third-order valence-electron chi connectivity index (χ3n) is 4.91. The van der Waals surface area contributed by atoms with Gasteiger partial charge in [0.1, 0.15) is 5.82 Å². The molecule has 0 unspecified atom stereocenters. The maximum absolute atomic E-state index is 14.3. The van der Waals surface area contributed by atoms with E-state index in [0.29, 0.717) is 27.4 Å². The number of carboxylic acids is 1. The normalized spacial score (nSPS) is 11.1. The molecule has 6 nitrogen and oxygen atoms in total. The number of carbonyl (C=O) groups is 3. The second-order valence-corrected chi connectivity index (χ2v) is 6.58. The highest BCUT2D eigenvalue weighted by atomic mass is 19.1. The molecule has 29 heavy (non-hydrogen) atoms. The Hall–Kier alpha value is -4.00. The van der Waals surface area contributed by atoms with E-state index in [1.807, 2.05) is 0 Å². The molecule has 4 rings (SSSR count). The van der Waals surface area contributed by atoms with E-state index in [9.17, 15) is 23.9 Å². The van der Waals surface area contributed by atoms with Crippen molar-refractivity contribution in [3.63, 3.8) is 0 Å². The molecule has 0 saturated carbocycles. The van der Waals surface area contributed by atoms with E-state index in [0.717, 1.165) is 0 Å². The average molecular weight is 390 g/mol. The minimum atomic E-state index is -1.61. The highest BCUT2D eigenvalue weighted by Crippen LogP contribution is 2.35. The Morgan fingerprint density at radius 1 is 0.862 bits per heavy atom. The number of nitrogens with zero attached hydrogens (tertiary/aromatic N) is 1. The van der Waals surface area contributed by atoms with Crippen LogP contribution in [-0.4, -0.2) is 27.3 Å². The van der Waals surface area contributed by atoms with Gasteiger partial charge in [-0.1, -0.05) is 30.3 Å². The quantitative estimate of drug-likeness (QED) is 0.403. The third-order valence-corrected chi connectivity index (χ3v) is 4.91. The van der Waals surface area contributed by atoms with E-state index in [4.69, 9.17) is 5.73 Å². The van der Waals surface area contributed by atoms with Gasteiger partial charge in [-0.25, -0.2) is 9.18 Å². The van der Waals surface area contributed by atoms with E-state index in [2.05, 4.69) is 0 Å². The molecular formula is C22H15FN2O4. The highest BCUT2D eigenvalue weighted by Gasteiger charge is 2.24. The number of amides is 1. The molecule has 3 N–H and O–H groups in total. The molecule has 144 valence electrons. The van der Waals surface area contributed by atoms with Crippen LogP contribution in [-0.2, 0) is 11.3 Å². The van der Waals surface area contributed by atoms with Crippen molar-refractivity contribution in [1.82, 2.24) is 4.57 Å². The highest BCUT2D eigenvalue weighted by molar-refractivity contribution is 6.43. The summed E-state index contributed by atoms with van der Waals surface area (Å²) in [5, 5.41) is 9.90. The van der Waals surface area contributed by atoms with Gasteiger partial charge in [-0.2, -0.15) is 0 Å². The van der Waals surface area contributed by atoms with Gasteiger partial charge in [0.2, 0.25) is 5.91 Å². The lowest BCUT2D eigenvalue weighted by Crippen LogP contribution is -2.14. The maximum Gasteiger partial charge on any atom is 0.377 e.